The van der Waals surface area contributed by atoms with Crippen LogP contribution in [0.15, 0.2) is 64.2 Å². The van der Waals surface area contributed by atoms with Crippen LogP contribution in [0.4, 0.5) is 11.4 Å². The molecule has 43 heavy (non-hydrogen) atoms. The second kappa shape index (κ2) is 9.59. The third kappa shape index (κ3) is 4.25. The molecule has 2 aromatic rings. The Balaban J connectivity index is 1.32. The highest BCUT2D eigenvalue weighted by molar-refractivity contribution is 7.85. The number of amides is 1. The van der Waals surface area contributed by atoms with E-state index >= 15 is 0 Å². The van der Waals surface area contributed by atoms with Crippen molar-refractivity contribution >= 4 is 33.1 Å². The summed E-state index contributed by atoms with van der Waals surface area (Å²) in [6.45, 7) is 11.2. The van der Waals surface area contributed by atoms with Gasteiger partial charge in [0, 0.05) is 65.6 Å². The summed E-state index contributed by atoms with van der Waals surface area (Å²) < 4.78 is 44.8. The molecule has 0 saturated heterocycles. The first-order valence-electron chi connectivity index (χ1n) is 15.1. The van der Waals surface area contributed by atoms with Crippen LogP contribution in [0.5, 0.6) is 0 Å². The molecule has 10 heteroatoms. The van der Waals surface area contributed by atoms with Gasteiger partial charge in [0.05, 0.1) is 28.9 Å². The number of nitrogens with zero attached hydrogens (tertiary/aromatic N) is 2. The van der Waals surface area contributed by atoms with Crippen molar-refractivity contribution in [2.75, 3.05) is 31.1 Å². The van der Waals surface area contributed by atoms with Crippen molar-refractivity contribution in [2.45, 2.75) is 74.9 Å². The summed E-state index contributed by atoms with van der Waals surface area (Å²) in [6, 6.07) is 11.1. The van der Waals surface area contributed by atoms with Gasteiger partial charge in [-0.3, -0.25) is 4.79 Å². The molecular formula is C33H38N4O5S. The van der Waals surface area contributed by atoms with Crippen LogP contribution in [-0.4, -0.2) is 67.6 Å². The van der Waals surface area contributed by atoms with E-state index in [1.807, 2.05) is 6.07 Å². The minimum Gasteiger partial charge on any atom is -0.744 e. The Labute approximate surface area is 252 Å². The molecule has 2 aromatic carbocycles. The minimum absolute atomic E-state index is 0.00801. The van der Waals surface area contributed by atoms with E-state index in [1.165, 1.54) is 28.6 Å². The van der Waals surface area contributed by atoms with Crippen LogP contribution in [0.2, 0.25) is 0 Å². The summed E-state index contributed by atoms with van der Waals surface area (Å²) in [6.07, 6.45) is 4.31. The lowest BCUT2D eigenvalue weighted by Gasteiger charge is -2.42. The maximum atomic E-state index is 12.4. The number of anilines is 1. The smallest absolute Gasteiger partial charge is 0.224 e. The third-order valence-electron chi connectivity index (χ3n) is 9.91. The Morgan fingerprint density at radius 2 is 1.88 bits per heavy atom. The number of hydrogen-bond donors (Lipinski definition) is 2. The van der Waals surface area contributed by atoms with Crippen LogP contribution in [0, 0.1) is 0 Å². The summed E-state index contributed by atoms with van der Waals surface area (Å²) in [7, 11) is -4.57. The Morgan fingerprint density at radius 3 is 2.63 bits per heavy atom. The molecule has 9 nitrogen and oxygen atoms in total. The predicted molar refractivity (Wildman–Crippen MR) is 163 cm³/mol. The Bertz CT molecular complexity index is 1790. The topological polar surface area (TPSA) is 128 Å². The van der Waals surface area contributed by atoms with Crippen LogP contribution in [0.3, 0.4) is 0 Å². The molecule has 1 amide bonds. The average molecular weight is 603 g/mol. The fourth-order valence-electron chi connectivity index (χ4n) is 8.04. The first kappa shape index (κ1) is 28.5. The number of hydrogen-bond acceptors (Lipinski definition) is 7. The molecule has 0 aromatic heterocycles. The highest BCUT2D eigenvalue weighted by Gasteiger charge is 2.54. The van der Waals surface area contributed by atoms with Gasteiger partial charge in [0.1, 0.15) is 10.1 Å². The number of nitrogens with two attached hydrogens (primary N) is 1. The maximum Gasteiger partial charge on any atom is 0.224 e. The van der Waals surface area contributed by atoms with Crippen molar-refractivity contribution in [3.8, 4) is 0 Å². The highest BCUT2D eigenvalue weighted by Crippen LogP contribution is 2.54. The van der Waals surface area contributed by atoms with Gasteiger partial charge in [-0.25, -0.2) is 8.42 Å². The Hall–Kier alpha value is -3.31. The van der Waals surface area contributed by atoms with E-state index in [0.717, 1.165) is 54.0 Å². The Morgan fingerprint density at radius 1 is 1.09 bits per heavy atom. The van der Waals surface area contributed by atoms with E-state index in [-0.39, 0.29) is 28.4 Å². The van der Waals surface area contributed by atoms with Gasteiger partial charge in [0.25, 0.3) is 0 Å². The lowest BCUT2D eigenvalue weighted by atomic mass is 9.74. The van der Waals surface area contributed by atoms with Crippen molar-refractivity contribution < 1.29 is 27.1 Å². The molecule has 0 spiro atoms. The number of benzene rings is 2. The van der Waals surface area contributed by atoms with Gasteiger partial charge in [0.2, 0.25) is 11.6 Å². The quantitative estimate of drug-likeness (QED) is 0.398. The van der Waals surface area contributed by atoms with E-state index in [1.54, 1.807) is 12.1 Å². The van der Waals surface area contributed by atoms with Crippen LogP contribution >= 0.6 is 0 Å². The molecule has 5 heterocycles. The highest BCUT2D eigenvalue weighted by atomic mass is 32.2. The number of carbonyl (C=O) groups is 1. The molecule has 5 aliphatic rings. The predicted octanol–water partition coefficient (Wildman–Crippen LogP) is 3.14. The van der Waals surface area contributed by atoms with Gasteiger partial charge >= 0.3 is 0 Å². The van der Waals surface area contributed by atoms with Gasteiger partial charge in [-0.1, -0.05) is 26.0 Å². The zero-order valence-corrected chi connectivity index (χ0v) is 25.9. The SMILES string of the molecule is CC1(C)C2=C3C=C4C5=[N+](CCC4OC3CCN2c2ccc(CC(=O)NCCN)cc21)c1ccc(S(=O)(=O)[O-])cc1C5(C)C. The standard InChI is InChI=1S/C33H38N4O5S/c1-32(2)23-15-19(16-29(38)35-12-11-34)5-7-25(23)36-13-9-27-21(30(32)36)18-22-28(42-27)10-14-37-26-8-6-20(43(39,40)41)17-24(26)33(3,4)31(22)37/h5-8,15,17-18,27-28H,9-14,16,34H2,1-4H3,(H-,35,38,39,40,41). The van der Waals surface area contributed by atoms with Crippen molar-refractivity contribution in [1.82, 2.24) is 5.32 Å². The zero-order valence-electron chi connectivity index (χ0n) is 25.1. The number of rotatable bonds is 5. The summed E-state index contributed by atoms with van der Waals surface area (Å²) in [5.74, 6) is -0.0310. The normalized spacial score (nSPS) is 24.4. The number of nitrogens with one attached hydrogen (secondary N) is 1. The van der Waals surface area contributed by atoms with Crippen LogP contribution < -0.4 is 16.0 Å². The van der Waals surface area contributed by atoms with Crippen molar-refractivity contribution in [3.63, 3.8) is 0 Å². The lowest BCUT2D eigenvalue weighted by Crippen LogP contribution is -2.47. The zero-order chi connectivity index (χ0) is 30.5. The number of allylic oxidation sites excluding steroid dienone is 1. The third-order valence-corrected chi connectivity index (χ3v) is 10.7. The monoisotopic (exact) mass is 602 g/mol. The molecule has 0 aliphatic carbocycles. The van der Waals surface area contributed by atoms with Crippen LogP contribution in [0.25, 0.3) is 0 Å². The van der Waals surface area contributed by atoms with E-state index in [2.05, 4.69) is 60.7 Å². The van der Waals surface area contributed by atoms with Gasteiger partial charge in [0.15, 0.2) is 12.3 Å². The largest absolute Gasteiger partial charge is 0.744 e. The molecular weight excluding hydrogens is 564 g/mol. The number of ether oxygens (including phenoxy) is 1. The van der Waals surface area contributed by atoms with Crippen molar-refractivity contribution in [3.05, 3.63) is 76.0 Å². The molecule has 0 bridgehead atoms. The molecule has 0 saturated carbocycles. The van der Waals surface area contributed by atoms with Gasteiger partial charge in [-0.2, -0.15) is 4.58 Å². The molecule has 226 valence electrons. The minimum atomic E-state index is -4.57. The first-order valence-corrected chi connectivity index (χ1v) is 16.5. The number of fused-ring (bicyclic) bond motifs is 8. The number of carbonyl (C=O) groups excluding carboxylic acids is 1. The van der Waals surface area contributed by atoms with Crippen LogP contribution in [0.1, 0.15) is 57.2 Å². The molecule has 2 unspecified atom stereocenters. The molecule has 3 N–H and O–H groups in total. The van der Waals surface area contributed by atoms with Gasteiger partial charge in [-0.05, 0) is 55.7 Å². The van der Waals surface area contributed by atoms with Crippen molar-refractivity contribution in [1.29, 1.82) is 0 Å². The van der Waals surface area contributed by atoms with Crippen LogP contribution in [-0.2, 0) is 36.9 Å². The van der Waals surface area contributed by atoms with Gasteiger partial charge < -0.3 is 25.2 Å². The molecule has 5 aliphatic heterocycles. The Kier molecular flexibility index (Phi) is 6.35. The summed E-state index contributed by atoms with van der Waals surface area (Å²) in [5, 5.41) is 2.87. The molecule has 7 rings (SSSR count). The second-order valence-corrected chi connectivity index (χ2v) is 14.7. The molecule has 2 atom stereocenters. The summed E-state index contributed by atoms with van der Waals surface area (Å²) >= 11 is 0. The molecule has 0 radical (unpaired) electrons. The van der Waals surface area contributed by atoms with E-state index < -0.39 is 15.5 Å². The fourth-order valence-corrected chi connectivity index (χ4v) is 8.54. The lowest BCUT2D eigenvalue weighted by molar-refractivity contribution is -0.445. The van der Waals surface area contributed by atoms with E-state index in [9.17, 15) is 17.8 Å². The van der Waals surface area contributed by atoms with E-state index in [4.69, 9.17) is 10.5 Å². The summed E-state index contributed by atoms with van der Waals surface area (Å²) in [5.41, 5.74) is 14.6. The molecule has 0 fully saturated rings. The average Bonchev–Trinajstić information content (AvgIpc) is 3.33. The second-order valence-electron chi connectivity index (χ2n) is 13.3. The van der Waals surface area contributed by atoms with Crippen molar-refractivity contribution in [2.24, 2.45) is 5.73 Å². The maximum absolute atomic E-state index is 12.4. The summed E-state index contributed by atoms with van der Waals surface area (Å²) in [4.78, 5) is 14.7. The van der Waals surface area contributed by atoms with E-state index in [0.29, 0.717) is 19.5 Å². The fraction of sp³-hybridized carbons (Fsp3) is 0.455. The first-order chi connectivity index (χ1) is 20.3. The van der Waals surface area contributed by atoms with Gasteiger partial charge in [-0.15, -0.1) is 0 Å².